The summed E-state index contributed by atoms with van der Waals surface area (Å²) >= 11 is 0. The highest BCUT2D eigenvalue weighted by atomic mass is 32.2. The molecule has 1 aliphatic carbocycles. The standard InChI is InChI=1S/C30H34N4O3S/c1-22-6-9-24(10-7-22)38(36,37)34-17-12-25-26(21-32(2)29(35)28(25)34)23-8-11-27(31-20-23)33-18-15-30(16-19-33)13-4-3-5-14-30/h6-12,17,20-21H,3-5,13-16,18-19H2,1-2H3. The highest BCUT2D eigenvalue weighted by Gasteiger charge is 2.35. The number of aromatic nitrogens is 3. The fourth-order valence-corrected chi connectivity index (χ4v) is 7.67. The van der Waals surface area contributed by atoms with Crippen molar-refractivity contribution >= 4 is 26.7 Å². The molecule has 2 aliphatic rings. The molecule has 198 valence electrons. The Bertz CT molecular complexity index is 1630. The number of piperidine rings is 1. The maximum atomic E-state index is 13.5. The van der Waals surface area contributed by atoms with Crippen LogP contribution in [0.3, 0.4) is 0 Å². The van der Waals surface area contributed by atoms with Gasteiger partial charge in [-0.1, -0.05) is 37.0 Å². The van der Waals surface area contributed by atoms with E-state index >= 15 is 0 Å². The van der Waals surface area contributed by atoms with Crippen molar-refractivity contribution in [1.29, 1.82) is 0 Å². The van der Waals surface area contributed by atoms with E-state index in [0.717, 1.165) is 39.6 Å². The average molecular weight is 531 g/mol. The van der Waals surface area contributed by atoms with E-state index in [9.17, 15) is 13.2 Å². The lowest BCUT2D eigenvalue weighted by atomic mass is 9.68. The van der Waals surface area contributed by atoms with Gasteiger partial charge in [-0.2, -0.15) is 0 Å². The fraction of sp³-hybridized carbons (Fsp3) is 0.400. The molecule has 7 nitrogen and oxygen atoms in total. The molecule has 0 bridgehead atoms. The summed E-state index contributed by atoms with van der Waals surface area (Å²) < 4.78 is 29.5. The van der Waals surface area contributed by atoms with Crippen LogP contribution in [0.25, 0.3) is 22.0 Å². The Hall–Kier alpha value is -3.39. The second kappa shape index (κ2) is 9.42. The highest BCUT2D eigenvalue weighted by molar-refractivity contribution is 7.90. The summed E-state index contributed by atoms with van der Waals surface area (Å²) in [6.07, 6.45) is 14.4. The molecule has 1 aliphatic heterocycles. The normalized spacial score (nSPS) is 17.8. The van der Waals surface area contributed by atoms with Crippen molar-refractivity contribution in [3.63, 3.8) is 0 Å². The maximum absolute atomic E-state index is 13.5. The summed E-state index contributed by atoms with van der Waals surface area (Å²) in [7, 11) is -2.28. The van der Waals surface area contributed by atoms with Crippen LogP contribution in [-0.4, -0.2) is 35.0 Å². The van der Waals surface area contributed by atoms with Gasteiger partial charge in [0.05, 0.1) is 4.90 Å². The fourth-order valence-electron chi connectivity index (χ4n) is 6.33. The third-order valence-electron chi connectivity index (χ3n) is 8.69. The molecule has 0 amide bonds. The topological polar surface area (TPSA) is 77.2 Å². The largest absolute Gasteiger partial charge is 0.357 e. The van der Waals surface area contributed by atoms with Crippen molar-refractivity contribution in [3.8, 4) is 11.1 Å². The van der Waals surface area contributed by atoms with Crippen molar-refractivity contribution in [2.24, 2.45) is 12.5 Å². The monoisotopic (exact) mass is 530 g/mol. The van der Waals surface area contributed by atoms with Crippen LogP contribution in [0.4, 0.5) is 5.82 Å². The number of anilines is 1. The quantitative estimate of drug-likeness (QED) is 0.348. The van der Waals surface area contributed by atoms with Crippen molar-refractivity contribution in [1.82, 2.24) is 13.5 Å². The third kappa shape index (κ3) is 4.25. The molecule has 0 unspecified atom stereocenters. The Kier molecular flexibility index (Phi) is 6.17. The molecule has 6 rings (SSSR count). The van der Waals surface area contributed by atoms with Crippen molar-refractivity contribution in [3.05, 3.63) is 77.0 Å². The first-order valence-corrected chi connectivity index (χ1v) is 15.0. The predicted molar refractivity (Wildman–Crippen MR) is 151 cm³/mol. The zero-order valence-corrected chi connectivity index (χ0v) is 22.9. The first kappa shape index (κ1) is 24.9. The number of hydrogen-bond acceptors (Lipinski definition) is 5. The van der Waals surface area contributed by atoms with E-state index in [1.165, 1.54) is 55.7 Å². The summed E-state index contributed by atoms with van der Waals surface area (Å²) in [6, 6.07) is 12.4. The SMILES string of the molecule is Cc1ccc(S(=O)(=O)n2ccc3c(-c4ccc(N5CCC6(CCCCC6)CC5)nc4)cn(C)c(=O)c32)cc1. The molecule has 2 fully saturated rings. The Morgan fingerprint density at radius 1 is 0.895 bits per heavy atom. The summed E-state index contributed by atoms with van der Waals surface area (Å²) in [5.41, 5.74) is 2.91. The molecule has 8 heteroatoms. The van der Waals surface area contributed by atoms with Gasteiger partial charge < -0.3 is 9.47 Å². The van der Waals surface area contributed by atoms with Gasteiger partial charge in [0, 0.05) is 55.2 Å². The van der Waals surface area contributed by atoms with Crippen LogP contribution in [0, 0.1) is 12.3 Å². The summed E-state index contributed by atoms with van der Waals surface area (Å²) in [6.45, 7) is 3.98. The number of hydrogen-bond donors (Lipinski definition) is 0. The lowest BCUT2D eigenvalue weighted by Gasteiger charge is -2.44. The van der Waals surface area contributed by atoms with Gasteiger partial charge in [-0.05, 0) is 68.4 Å². The third-order valence-corrected chi connectivity index (χ3v) is 10.4. The minimum atomic E-state index is -3.93. The molecular formula is C30H34N4O3S. The Balaban J connectivity index is 1.32. The summed E-state index contributed by atoms with van der Waals surface area (Å²) in [4.78, 5) is 20.5. The Labute approximate surface area is 223 Å². The number of aryl methyl sites for hydroxylation is 2. The minimum Gasteiger partial charge on any atom is -0.357 e. The second-order valence-corrected chi connectivity index (χ2v) is 12.9. The smallest absolute Gasteiger partial charge is 0.275 e. The van der Waals surface area contributed by atoms with Crippen molar-refractivity contribution in [2.45, 2.75) is 56.8 Å². The molecule has 1 saturated carbocycles. The highest BCUT2D eigenvalue weighted by Crippen LogP contribution is 2.45. The van der Waals surface area contributed by atoms with Gasteiger partial charge in [-0.15, -0.1) is 0 Å². The molecule has 1 aromatic carbocycles. The zero-order chi connectivity index (χ0) is 26.5. The van der Waals surface area contributed by atoms with E-state index in [4.69, 9.17) is 4.98 Å². The van der Waals surface area contributed by atoms with E-state index < -0.39 is 10.0 Å². The average Bonchev–Trinajstić information content (AvgIpc) is 3.39. The lowest BCUT2D eigenvalue weighted by Crippen LogP contribution is -2.41. The number of nitrogens with zero attached hydrogens (tertiary/aromatic N) is 4. The van der Waals surface area contributed by atoms with E-state index in [1.807, 2.05) is 25.3 Å². The van der Waals surface area contributed by atoms with E-state index in [1.54, 1.807) is 43.6 Å². The van der Waals surface area contributed by atoms with Crippen molar-refractivity contribution < 1.29 is 8.42 Å². The lowest BCUT2D eigenvalue weighted by molar-refractivity contribution is 0.144. The van der Waals surface area contributed by atoms with Gasteiger partial charge in [0.15, 0.2) is 0 Å². The summed E-state index contributed by atoms with van der Waals surface area (Å²) in [5.74, 6) is 0.972. The van der Waals surface area contributed by atoms with E-state index in [-0.39, 0.29) is 16.0 Å². The molecule has 1 saturated heterocycles. The van der Waals surface area contributed by atoms with Crippen LogP contribution in [0.5, 0.6) is 0 Å². The number of pyridine rings is 2. The van der Waals surface area contributed by atoms with Crippen LogP contribution in [-0.2, 0) is 17.1 Å². The van der Waals surface area contributed by atoms with Crippen LogP contribution in [0.15, 0.2) is 70.7 Å². The molecule has 4 heterocycles. The van der Waals surface area contributed by atoms with E-state index in [2.05, 4.69) is 4.90 Å². The molecule has 0 atom stereocenters. The molecule has 38 heavy (non-hydrogen) atoms. The van der Waals surface area contributed by atoms with Gasteiger partial charge in [-0.25, -0.2) is 17.4 Å². The maximum Gasteiger partial charge on any atom is 0.275 e. The number of rotatable bonds is 4. The zero-order valence-electron chi connectivity index (χ0n) is 22.1. The van der Waals surface area contributed by atoms with Gasteiger partial charge >= 0.3 is 0 Å². The Morgan fingerprint density at radius 3 is 2.26 bits per heavy atom. The molecule has 1 spiro atoms. The van der Waals surface area contributed by atoms with Gasteiger partial charge in [0.25, 0.3) is 15.6 Å². The number of benzene rings is 1. The minimum absolute atomic E-state index is 0.142. The molecular weight excluding hydrogens is 496 g/mol. The molecule has 0 radical (unpaired) electrons. The van der Waals surface area contributed by atoms with Gasteiger partial charge in [0.1, 0.15) is 11.3 Å². The first-order chi connectivity index (χ1) is 18.3. The predicted octanol–water partition coefficient (Wildman–Crippen LogP) is 5.50. The van der Waals surface area contributed by atoms with Gasteiger partial charge in [0.2, 0.25) is 0 Å². The molecule has 0 N–H and O–H groups in total. The van der Waals surface area contributed by atoms with Gasteiger partial charge in [-0.3, -0.25) is 4.79 Å². The summed E-state index contributed by atoms with van der Waals surface area (Å²) in [5, 5.41) is 0.593. The molecule has 4 aromatic rings. The van der Waals surface area contributed by atoms with Crippen LogP contribution < -0.4 is 10.5 Å². The second-order valence-electron chi connectivity index (χ2n) is 11.1. The Morgan fingerprint density at radius 2 is 1.61 bits per heavy atom. The number of fused-ring (bicyclic) bond motifs is 1. The van der Waals surface area contributed by atoms with Crippen LogP contribution >= 0.6 is 0 Å². The van der Waals surface area contributed by atoms with E-state index in [0.29, 0.717) is 10.8 Å². The first-order valence-electron chi connectivity index (χ1n) is 13.5. The molecule has 3 aromatic heterocycles. The van der Waals surface area contributed by atoms with Crippen LogP contribution in [0.1, 0.15) is 50.5 Å². The van der Waals surface area contributed by atoms with Crippen LogP contribution in [0.2, 0.25) is 0 Å². The van der Waals surface area contributed by atoms with Crippen molar-refractivity contribution in [2.75, 3.05) is 18.0 Å².